The summed E-state index contributed by atoms with van der Waals surface area (Å²) in [5.41, 5.74) is 9.61. The summed E-state index contributed by atoms with van der Waals surface area (Å²) in [5.74, 6) is 0.791. The number of rotatable bonds is 6. The van der Waals surface area contributed by atoms with Gasteiger partial charge in [-0.2, -0.15) is 0 Å². The van der Waals surface area contributed by atoms with E-state index in [0.717, 1.165) is 48.1 Å². The molecule has 0 aliphatic heterocycles. The summed E-state index contributed by atoms with van der Waals surface area (Å²) >= 11 is 0. The van der Waals surface area contributed by atoms with E-state index in [0.29, 0.717) is 6.04 Å². The van der Waals surface area contributed by atoms with Crippen molar-refractivity contribution in [2.75, 3.05) is 5.32 Å². The summed E-state index contributed by atoms with van der Waals surface area (Å²) in [5, 5.41) is 4.86. The van der Waals surface area contributed by atoms with Gasteiger partial charge in [0.15, 0.2) is 0 Å². The molecule has 0 unspecified atom stereocenters. The fourth-order valence-electron chi connectivity index (χ4n) is 5.83. The lowest BCUT2D eigenvalue weighted by atomic mass is 9.60. The fourth-order valence-corrected chi connectivity index (χ4v) is 5.83. The van der Waals surface area contributed by atoms with Gasteiger partial charge in [-0.1, -0.05) is 78.9 Å². The Hall–Kier alpha value is -3.66. The van der Waals surface area contributed by atoms with Gasteiger partial charge in [0.1, 0.15) is 11.2 Å². The third-order valence-electron chi connectivity index (χ3n) is 7.46. The lowest BCUT2D eigenvalue weighted by Gasteiger charge is -2.43. The number of pyridine rings is 1. The first-order chi connectivity index (χ1) is 16.6. The van der Waals surface area contributed by atoms with E-state index in [1.165, 1.54) is 10.9 Å². The minimum atomic E-state index is -0.828. The number of aryl methyl sites for hydroxylation is 1. The van der Waals surface area contributed by atoms with Gasteiger partial charge < -0.3 is 11.1 Å². The van der Waals surface area contributed by atoms with Gasteiger partial charge in [-0.05, 0) is 67.3 Å². The van der Waals surface area contributed by atoms with E-state index in [2.05, 4.69) is 36.5 Å². The van der Waals surface area contributed by atoms with Gasteiger partial charge in [-0.3, -0.25) is 4.79 Å². The molecule has 1 aromatic heterocycles. The molecule has 1 aliphatic carbocycles. The van der Waals surface area contributed by atoms with Crippen molar-refractivity contribution >= 4 is 22.6 Å². The molecule has 1 heterocycles. The van der Waals surface area contributed by atoms with Crippen molar-refractivity contribution in [3.8, 4) is 0 Å². The van der Waals surface area contributed by atoms with Crippen LogP contribution in [0.5, 0.6) is 0 Å². The number of fused-ring (bicyclic) bond motifs is 1. The van der Waals surface area contributed by atoms with Gasteiger partial charge in [0.05, 0.1) is 5.52 Å². The highest BCUT2D eigenvalue weighted by Crippen LogP contribution is 2.46. The molecular weight excluding hydrogens is 418 g/mol. The summed E-state index contributed by atoms with van der Waals surface area (Å²) in [6.45, 7) is 2.13. The molecule has 0 spiro atoms. The molecule has 0 bridgehead atoms. The lowest BCUT2D eigenvalue weighted by molar-refractivity contribution is -0.124. The quantitative estimate of drug-likeness (QED) is 0.380. The molecule has 1 saturated carbocycles. The third kappa shape index (κ3) is 3.94. The minimum absolute atomic E-state index is 0.138. The number of amides is 1. The number of hydrogen-bond acceptors (Lipinski definition) is 3. The number of nitrogens with two attached hydrogens (primary N) is 1. The van der Waals surface area contributed by atoms with Crippen LogP contribution in [0.2, 0.25) is 0 Å². The number of para-hydroxylation sites is 1. The van der Waals surface area contributed by atoms with Crippen molar-refractivity contribution in [3.05, 3.63) is 108 Å². The van der Waals surface area contributed by atoms with E-state index in [1.807, 2.05) is 66.7 Å². The largest absolute Gasteiger partial charge is 0.369 e. The van der Waals surface area contributed by atoms with Crippen LogP contribution >= 0.6 is 0 Å². The van der Waals surface area contributed by atoms with Crippen LogP contribution in [0.1, 0.15) is 42.4 Å². The fraction of sp³-hybridized carbons (Fsp3) is 0.267. The zero-order valence-corrected chi connectivity index (χ0v) is 19.6. The second-order valence-electron chi connectivity index (χ2n) is 9.44. The first-order valence-corrected chi connectivity index (χ1v) is 12.1. The Balaban J connectivity index is 1.41. The van der Waals surface area contributed by atoms with Gasteiger partial charge in [0.2, 0.25) is 5.91 Å². The Kier molecular flexibility index (Phi) is 6.06. The number of benzene rings is 3. The van der Waals surface area contributed by atoms with Gasteiger partial charge >= 0.3 is 0 Å². The molecule has 4 aromatic rings. The average Bonchev–Trinajstić information content (AvgIpc) is 2.87. The highest BCUT2D eigenvalue weighted by Gasteiger charge is 2.48. The lowest BCUT2D eigenvalue weighted by Crippen LogP contribution is -2.50. The maximum Gasteiger partial charge on any atom is 0.232 e. The highest BCUT2D eigenvalue weighted by molar-refractivity contribution is 5.91. The maximum absolute atomic E-state index is 13.3. The SMILES string of the molecule is Cc1cc(NC2CCC(C(C(N)=O)(c3ccccc3)c3ccccc3)CC2)nc2ccccc12. The van der Waals surface area contributed by atoms with E-state index in [-0.39, 0.29) is 11.8 Å². The molecular formula is C30H31N3O. The van der Waals surface area contributed by atoms with Crippen LogP contribution in [0.3, 0.4) is 0 Å². The van der Waals surface area contributed by atoms with Gasteiger partial charge in [0.25, 0.3) is 0 Å². The average molecular weight is 450 g/mol. The Labute approximate surface area is 201 Å². The van der Waals surface area contributed by atoms with Crippen LogP contribution in [-0.4, -0.2) is 16.9 Å². The number of anilines is 1. The molecule has 5 rings (SSSR count). The summed E-state index contributed by atoms with van der Waals surface area (Å²) in [6.07, 6.45) is 3.76. The van der Waals surface area contributed by atoms with E-state index in [4.69, 9.17) is 10.7 Å². The monoisotopic (exact) mass is 449 g/mol. The summed E-state index contributed by atoms with van der Waals surface area (Å²) in [6, 6.07) is 30.9. The molecule has 4 nitrogen and oxygen atoms in total. The number of hydrogen-bond donors (Lipinski definition) is 2. The number of nitrogens with zero attached hydrogens (tertiary/aromatic N) is 1. The van der Waals surface area contributed by atoms with Crippen molar-refractivity contribution in [3.63, 3.8) is 0 Å². The van der Waals surface area contributed by atoms with E-state index in [1.54, 1.807) is 0 Å². The Morgan fingerprint density at radius 1 is 0.853 bits per heavy atom. The number of carbonyl (C=O) groups excluding carboxylic acids is 1. The van der Waals surface area contributed by atoms with Crippen molar-refractivity contribution in [2.24, 2.45) is 11.7 Å². The number of nitrogens with one attached hydrogen (secondary N) is 1. The Morgan fingerprint density at radius 3 is 2.00 bits per heavy atom. The second-order valence-corrected chi connectivity index (χ2v) is 9.44. The van der Waals surface area contributed by atoms with Gasteiger partial charge in [0, 0.05) is 11.4 Å². The van der Waals surface area contributed by atoms with Crippen LogP contribution in [0, 0.1) is 12.8 Å². The molecule has 0 atom stereocenters. The van der Waals surface area contributed by atoms with E-state index < -0.39 is 5.41 Å². The van der Waals surface area contributed by atoms with E-state index in [9.17, 15) is 4.79 Å². The standard InChI is InChI=1S/C30H31N3O/c1-21-20-28(33-27-15-9-8-14-26(21)27)32-25-18-16-24(17-19-25)30(29(31)34,22-10-4-2-5-11-22)23-12-6-3-7-13-23/h2-15,20,24-25H,16-19H2,1H3,(H2,31,34)(H,32,33). The first-order valence-electron chi connectivity index (χ1n) is 12.1. The molecule has 0 radical (unpaired) electrons. The van der Waals surface area contributed by atoms with E-state index >= 15 is 0 Å². The summed E-state index contributed by atoms with van der Waals surface area (Å²) < 4.78 is 0. The molecule has 34 heavy (non-hydrogen) atoms. The molecule has 0 saturated heterocycles. The van der Waals surface area contributed by atoms with Crippen molar-refractivity contribution < 1.29 is 4.79 Å². The number of carbonyl (C=O) groups is 1. The first kappa shape index (κ1) is 22.1. The zero-order valence-electron chi connectivity index (χ0n) is 19.6. The molecule has 3 N–H and O–H groups in total. The number of aromatic nitrogens is 1. The Bertz CT molecular complexity index is 1240. The number of primary amides is 1. The summed E-state index contributed by atoms with van der Waals surface area (Å²) in [7, 11) is 0. The molecule has 1 fully saturated rings. The predicted molar refractivity (Wildman–Crippen MR) is 139 cm³/mol. The molecule has 1 aliphatic rings. The topological polar surface area (TPSA) is 68.0 Å². The van der Waals surface area contributed by atoms with Crippen LogP contribution in [0.4, 0.5) is 5.82 Å². The van der Waals surface area contributed by atoms with Crippen LogP contribution in [0.25, 0.3) is 10.9 Å². The van der Waals surface area contributed by atoms with Gasteiger partial charge in [-0.15, -0.1) is 0 Å². The van der Waals surface area contributed by atoms with Gasteiger partial charge in [-0.25, -0.2) is 4.98 Å². The smallest absolute Gasteiger partial charge is 0.232 e. The molecule has 4 heteroatoms. The molecule has 3 aromatic carbocycles. The van der Waals surface area contributed by atoms with Crippen molar-refractivity contribution in [2.45, 2.75) is 44.1 Å². The normalized spacial score (nSPS) is 18.5. The van der Waals surface area contributed by atoms with Crippen LogP contribution in [0.15, 0.2) is 91.0 Å². The molecule has 1 amide bonds. The Morgan fingerprint density at radius 2 is 1.41 bits per heavy atom. The van der Waals surface area contributed by atoms with Crippen molar-refractivity contribution in [1.82, 2.24) is 4.98 Å². The highest BCUT2D eigenvalue weighted by atomic mass is 16.1. The zero-order chi connectivity index (χ0) is 23.5. The van der Waals surface area contributed by atoms with Crippen molar-refractivity contribution in [1.29, 1.82) is 0 Å². The maximum atomic E-state index is 13.3. The van der Waals surface area contributed by atoms with Crippen LogP contribution in [-0.2, 0) is 10.2 Å². The third-order valence-corrected chi connectivity index (χ3v) is 7.46. The molecule has 172 valence electrons. The second kappa shape index (κ2) is 9.30. The van der Waals surface area contributed by atoms with Crippen LogP contribution < -0.4 is 11.1 Å². The summed E-state index contributed by atoms with van der Waals surface area (Å²) in [4.78, 5) is 18.1. The minimum Gasteiger partial charge on any atom is -0.369 e. The predicted octanol–water partition coefficient (Wildman–Crippen LogP) is 5.99.